The third-order valence-corrected chi connectivity index (χ3v) is 1.88. The summed E-state index contributed by atoms with van der Waals surface area (Å²) in [6.45, 7) is 2.02. The van der Waals surface area contributed by atoms with Crippen LogP contribution in [0.5, 0.6) is 0 Å². The first kappa shape index (κ1) is 13.8. The molecule has 9 N–H and O–H groups in total. The quantitative estimate of drug-likeness (QED) is 0.306. The van der Waals surface area contributed by atoms with Gasteiger partial charge in [0.15, 0.2) is 0 Å². The molecule has 0 heterocycles. The van der Waals surface area contributed by atoms with Crippen LogP contribution in [0.25, 0.3) is 0 Å². The normalized spacial score (nSPS) is 12.9. The van der Waals surface area contributed by atoms with Gasteiger partial charge in [-0.25, -0.2) is 0 Å². The molecule has 0 bridgehead atoms. The summed E-state index contributed by atoms with van der Waals surface area (Å²) in [5.74, 6) is 0. The zero-order valence-corrected chi connectivity index (χ0v) is 8.65. The lowest BCUT2D eigenvalue weighted by Gasteiger charge is -2.32. The van der Waals surface area contributed by atoms with E-state index in [1.807, 2.05) is 6.92 Å². The fraction of sp³-hybridized carbons (Fsp3) is 1.00. The van der Waals surface area contributed by atoms with Crippen molar-refractivity contribution in [2.45, 2.75) is 37.7 Å². The summed E-state index contributed by atoms with van der Waals surface area (Å²) in [5, 5.41) is 8.65. The molecule has 6 nitrogen and oxygen atoms in total. The Morgan fingerprint density at radius 3 is 1.86 bits per heavy atom. The van der Waals surface area contributed by atoms with E-state index < -0.39 is 17.9 Å². The average molecular weight is 206 g/mol. The molecule has 0 atom stereocenters. The van der Waals surface area contributed by atoms with Crippen LogP contribution in [0.3, 0.4) is 0 Å². The van der Waals surface area contributed by atoms with Crippen molar-refractivity contribution >= 4 is 0 Å². The third kappa shape index (κ3) is 6.25. The standard InChI is InChI=1S/C8H22N4O2/c1-8(4-6(9)10,5-7(11)12)14-3-2-13/h6-7,13H,2-5,9-12H2,1H3. The molecule has 0 aromatic heterocycles. The fourth-order valence-electron chi connectivity index (χ4n) is 1.49. The van der Waals surface area contributed by atoms with Gasteiger partial charge in [-0.2, -0.15) is 0 Å². The van der Waals surface area contributed by atoms with E-state index in [9.17, 15) is 0 Å². The van der Waals surface area contributed by atoms with Crippen molar-refractivity contribution in [1.29, 1.82) is 0 Å². The highest BCUT2D eigenvalue weighted by Crippen LogP contribution is 2.20. The maximum absolute atomic E-state index is 8.65. The zero-order valence-electron chi connectivity index (χ0n) is 8.65. The minimum absolute atomic E-state index is 0.0464. The highest BCUT2D eigenvalue weighted by molar-refractivity contribution is 4.81. The lowest BCUT2D eigenvalue weighted by Crippen LogP contribution is -2.47. The minimum atomic E-state index is -0.564. The second kappa shape index (κ2) is 6.28. The van der Waals surface area contributed by atoms with Crippen LogP contribution in [-0.4, -0.2) is 36.3 Å². The van der Waals surface area contributed by atoms with E-state index in [-0.39, 0.29) is 13.2 Å². The Morgan fingerprint density at radius 2 is 1.57 bits per heavy atom. The van der Waals surface area contributed by atoms with Gasteiger partial charge in [0.1, 0.15) is 0 Å². The van der Waals surface area contributed by atoms with Gasteiger partial charge in [0.25, 0.3) is 0 Å². The van der Waals surface area contributed by atoms with Crippen molar-refractivity contribution in [3.8, 4) is 0 Å². The summed E-state index contributed by atoms with van der Waals surface area (Å²) in [6.07, 6.45) is -0.0367. The molecule has 0 unspecified atom stereocenters. The molecule has 86 valence electrons. The molecular weight excluding hydrogens is 184 g/mol. The lowest BCUT2D eigenvalue weighted by atomic mass is 9.95. The van der Waals surface area contributed by atoms with Gasteiger partial charge in [0.05, 0.1) is 31.1 Å². The molecule has 0 fully saturated rings. The molecule has 0 saturated carbocycles. The number of rotatable bonds is 7. The third-order valence-electron chi connectivity index (χ3n) is 1.88. The maximum atomic E-state index is 8.65. The van der Waals surface area contributed by atoms with Crippen LogP contribution in [0, 0.1) is 0 Å². The fourth-order valence-corrected chi connectivity index (χ4v) is 1.49. The maximum Gasteiger partial charge on any atom is 0.0710 e. The molecule has 0 aliphatic heterocycles. The van der Waals surface area contributed by atoms with Crippen LogP contribution in [-0.2, 0) is 4.74 Å². The van der Waals surface area contributed by atoms with Gasteiger partial charge in [-0.3, -0.25) is 0 Å². The zero-order chi connectivity index (χ0) is 11.2. The van der Waals surface area contributed by atoms with E-state index in [1.54, 1.807) is 0 Å². The number of aliphatic hydroxyl groups excluding tert-OH is 1. The second-order valence-corrected chi connectivity index (χ2v) is 3.76. The van der Waals surface area contributed by atoms with E-state index in [2.05, 4.69) is 0 Å². The molecule has 0 radical (unpaired) electrons. The monoisotopic (exact) mass is 206 g/mol. The first-order valence-electron chi connectivity index (χ1n) is 4.67. The molecule has 0 aromatic rings. The number of ether oxygens (including phenoxy) is 1. The Labute approximate surface area is 84.6 Å². The number of aliphatic hydroxyl groups is 1. The first-order valence-corrected chi connectivity index (χ1v) is 4.67. The number of hydrogen-bond acceptors (Lipinski definition) is 6. The van der Waals surface area contributed by atoms with E-state index >= 15 is 0 Å². The molecular formula is C8H22N4O2. The van der Waals surface area contributed by atoms with E-state index in [0.29, 0.717) is 12.8 Å². The summed E-state index contributed by atoms with van der Waals surface area (Å²) >= 11 is 0. The molecule has 0 aliphatic rings. The molecule has 0 aliphatic carbocycles. The predicted molar refractivity (Wildman–Crippen MR) is 55.0 cm³/mol. The van der Waals surface area contributed by atoms with Gasteiger partial charge in [-0.05, 0) is 6.92 Å². The van der Waals surface area contributed by atoms with Crippen molar-refractivity contribution in [1.82, 2.24) is 0 Å². The molecule has 14 heavy (non-hydrogen) atoms. The molecule has 0 rings (SSSR count). The Morgan fingerprint density at radius 1 is 1.14 bits per heavy atom. The van der Waals surface area contributed by atoms with Crippen LogP contribution < -0.4 is 22.9 Å². The Hall–Kier alpha value is -0.240. The number of hydrogen-bond donors (Lipinski definition) is 5. The molecule has 0 saturated heterocycles. The van der Waals surface area contributed by atoms with Gasteiger partial charge in [-0.1, -0.05) is 0 Å². The van der Waals surface area contributed by atoms with Crippen molar-refractivity contribution < 1.29 is 9.84 Å². The van der Waals surface area contributed by atoms with Crippen molar-refractivity contribution in [2.75, 3.05) is 13.2 Å². The Balaban J connectivity index is 4.17. The highest BCUT2D eigenvalue weighted by Gasteiger charge is 2.28. The lowest BCUT2D eigenvalue weighted by molar-refractivity contribution is -0.0627. The van der Waals surface area contributed by atoms with Crippen LogP contribution in [0.1, 0.15) is 19.8 Å². The summed E-state index contributed by atoms with van der Waals surface area (Å²) in [5.41, 5.74) is 21.4. The van der Waals surface area contributed by atoms with Crippen LogP contribution in [0.15, 0.2) is 0 Å². The summed E-state index contributed by atoms with van der Waals surface area (Å²) in [6, 6.07) is 0. The smallest absolute Gasteiger partial charge is 0.0710 e. The number of nitrogens with two attached hydrogens (primary N) is 4. The van der Waals surface area contributed by atoms with Crippen molar-refractivity contribution in [3.63, 3.8) is 0 Å². The Bertz CT molecular complexity index is 142. The molecule has 0 aromatic carbocycles. The first-order chi connectivity index (χ1) is 6.39. The van der Waals surface area contributed by atoms with Crippen LogP contribution >= 0.6 is 0 Å². The average Bonchev–Trinajstić information content (AvgIpc) is 1.97. The van der Waals surface area contributed by atoms with Crippen molar-refractivity contribution in [2.24, 2.45) is 22.9 Å². The SMILES string of the molecule is CC(CC(N)N)(CC(N)N)OCCO. The second-order valence-electron chi connectivity index (χ2n) is 3.76. The van der Waals surface area contributed by atoms with Gasteiger partial charge in [0, 0.05) is 12.8 Å². The Kier molecular flexibility index (Phi) is 6.17. The summed E-state index contributed by atoms with van der Waals surface area (Å²) in [4.78, 5) is 0. The van der Waals surface area contributed by atoms with E-state index in [0.717, 1.165) is 0 Å². The van der Waals surface area contributed by atoms with Gasteiger partial charge in [0.2, 0.25) is 0 Å². The highest BCUT2D eigenvalue weighted by atomic mass is 16.5. The van der Waals surface area contributed by atoms with E-state index in [4.69, 9.17) is 32.8 Å². The largest absolute Gasteiger partial charge is 0.394 e. The minimum Gasteiger partial charge on any atom is -0.394 e. The molecule has 0 amide bonds. The molecule has 6 heteroatoms. The van der Waals surface area contributed by atoms with Crippen LogP contribution in [0.4, 0.5) is 0 Å². The van der Waals surface area contributed by atoms with Gasteiger partial charge < -0.3 is 32.8 Å². The summed E-state index contributed by atoms with van der Waals surface area (Å²) in [7, 11) is 0. The molecule has 0 spiro atoms. The summed E-state index contributed by atoms with van der Waals surface area (Å²) < 4.78 is 5.43. The van der Waals surface area contributed by atoms with E-state index in [1.165, 1.54) is 0 Å². The predicted octanol–water partition coefficient (Wildman–Crippen LogP) is -1.98. The van der Waals surface area contributed by atoms with Crippen LogP contribution in [0.2, 0.25) is 0 Å². The topological polar surface area (TPSA) is 134 Å². The van der Waals surface area contributed by atoms with Crippen molar-refractivity contribution in [3.05, 3.63) is 0 Å². The van der Waals surface area contributed by atoms with Gasteiger partial charge in [-0.15, -0.1) is 0 Å². The van der Waals surface area contributed by atoms with Gasteiger partial charge >= 0.3 is 0 Å².